The fraction of sp³-hybridized carbons (Fsp3) is 0.538. The van der Waals surface area contributed by atoms with Crippen molar-refractivity contribution in [3.63, 3.8) is 0 Å². The molecule has 0 aliphatic carbocycles. The van der Waals surface area contributed by atoms with Crippen LogP contribution in [0.15, 0.2) is 30.3 Å². The quantitative estimate of drug-likeness (QED) is 0.760. The second kappa shape index (κ2) is 4.77. The summed E-state index contributed by atoms with van der Waals surface area (Å²) in [5.41, 5.74) is 1.27. The zero-order chi connectivity index (χ0) is 10.7. The van der Waals surface area contributed by atoms with Crippen LogP contribution in [0, 0.1) is 5.92 Å². The molecule has 2 heteroatoms. The SMILES string of the molecule is CC1CNC(C)C(c2ccccc2)OC1. The first-order valence-electron chi connectivity index (χ1n) is 5.67. The molecule has 1 aliphatic heterocycles. The van der Waals surface area contributed by atoms with Crippen molar-refractivity contribution < 1.29 is 4.74 Å². The Morgan fingerprint density at radius 3 is 2.67 bits per heavy atom. The fourth-order valence-corrected chi connectivity index (χ4v) is 1.99. The lowest BCUT2D eigenvalue weighted by atomic mass is 10.0. The van der Waals surface area contributed by atoms with Crippen LogP contribution in [0.5, 0.6) is 0 Å². The highest BCUT2D eigenvalue weighted by atomic mass is 16.5. The molecule has 1 heterocycles. The van der Waals surface area contributed by atoms with Crippen molar-refractivity contribution in [3.8, 4) is 0 Å². The first-order chi connectivity index (χ1) is 7.27. The molecule has 0 amide bonds. The van der Waals surface area contributed by atoms with E-state index in [4.69, 9.17) is 4.74 Å². The molecule has 82 valence electrons. The zero-order valence-electron chi connectivity index (χ0n) is 9.44. The molecule has 0 radical (unpaired) electrons. The first kappa shape index (κ1) is 10.7. The monoisotopic (exact) mass is 205 g/mol. The molecule has 2 rings (SSSR count). The smallest absolute Gasteiger partial charge is 0.0975 e. The van der Waals surface area contributed by atoms with E-state index < -0.39 is 0 Å². The van der Waals surface area contributed by atoms with Crippen molar-refractivity contribution in [1.82, 2.24) is 5.32 Å². The average molecular weight is 205 g/mol. The van der Waals surface area contributed by atoms with E-state index in [1.165, 1.54) is 5.56 Å². The maximum absolute atomic E-state index is 5.95. The molecule has 0 bridgehead atoms. The van der Waals surface area contributed by atoms with E-state index in [2.05, 4.69) is 43.4 Å². The fourth-order valence-electron chi connectivity index (χ4n) is 1.99. The third-order valence-electron chi connectivity index (χ3n) is 2.93. The molecule has 1 saturated heterocycles. The van der Waals surface area contributed by atoms with E-state index in [9.17, 15) is 0 Å². The highest BCUT2D eigenvalue weighted by molar-refractivity contribution is 5.19. The zero-order valence-corrected chi connectivity index (χ0v) is 9.44. The molecule has 1 aromatic carbocycles. The molecule has 3 unspecified atom stereocenters. The number of benzene rings is 1. The van der Waals surface area contributed by atoms with E-state index in [-0.39, 0.29) is 6.10 Å². The van der Waals surface area contributed by atoms with Gasteiger partial charge in [0.1, 0.15) is 0 Å². The van der Waals surface area contributed by atoms with Crippen LogP contribution in [-0.4, -0.2) is 19.2 Å². The summed E-state index contributed by atoms with van der Waals surface area (Å²) in [7, 11) is 0. The van der Waals surface area contributed by atoms with Gasteiger partial charge in [-0.05, 0) is 18.4 Å². The van der Waals surface area contributed by atoms with Gasteiger partial charge in [0, 0.05) is 12.6 Å². The van der Waals surface area contributed by atoms with Crippen molar-refractivity contribution in [1.29, 1.82) is 0 Å². The van der Waals surface area contributed by atoms with Crippen molar-refractivity contribution in [2.45, 2.75) is 26.0 Å². The van der Waals surface area contributed by atoms with Gasteiger partial charge in [-0.3, -0.25) is 0 Å². The highest BCUT2D eigenvalue weighted by Gasteiger charge is 2.23. The Kier molecular flexibility index (Phi) is 3.39. The van der Waals surface area contributed by atoms with Crippen LogP contribution < -0.4 is 5.32 Å². The second-order valence-electron chi connectivity index (χ2n) is 4.47. The standard InChI is InChI=1S/C13H19NO/c1-10-8-14-11(2)13(15-9-10)12-6-4-3-5-7-12/h3-7,10-11,13-14H,8-9H2,1-2H3. The Hall–Kier alpha value is -0.860. The summed E-state index contributed by atoms with van der Waals surface area (Å²) in [5.74, 6) is 0.598. The molecule has 15 heavy (non-hydrogen) atoms. The summed E-state index contributed by atoms with van der Waals surface area (Å²) in [6.45, 7) is 6.30. The molecule has 1 aliphatic rings. The van der Waals surface area contributed by atoms with Crippen molar-refractivity contribution >= 4 is 0 Å². The Labute approximate surface area is 91.6 Å². The van der Waals surface area contributed by atoms with Crippen LogP contribution in [0.25, 0.3) is 0 Å². The van der Waals surface area contributed by atoms with Crippen LogP contribution >= 0.6 is 0 Å². The van der Waals surface area contributed by atoms with Gasteiger partial charge in [-0.15, -0.1) is 0 Å². The van der Waals surface area contributed by atoms with Gasteiger partial charge >= 0.3 is 0 Å². The predicted molar refractivity (Wildman–Crippen MR) is 61.8 cm³/mol. The number of ether oxygens (including phenoxy) is 1. The van der Waals surface area contributed by atoms with E-state index in [0.29, 0.717) is 12.0 Å². The molecule has 0 aromatic heterocycles. The lowest BCUT2D eigenvalue weighted by Gasteiger charge is -2.22. The number of hydrogen-bond acceptors (Lipinski definition) is 2. The maximum Gasteiger partial charge on any atom is 0.0975 e. The van der Waals surface area contributed by atoms with Crippen molar-refractivity contribution in [2.24, 2.45) is 5.92 Å². The molecule has 1 N–H and O–H groups in total. The average Bonchev–Trinajstić information content (AvgIpc) is 2.43. The summed E-state index contributed by atoms with van der Waals surface area (Å²) in [6, 6.07) is 10.8. The van der Waals surface area contributed by atoms with Gasteiger partial charge in [0.05, 0.1) is 12.7 Å². The molecule has 3 atom stereocenters. The first-order valence-corrected chi connectivity index (χ1v) is 5.67. The van der Waals surface area contributed by atoms with Gasteiger partial charge < -0.3 is 10.1 Å². The van der Waals surface area contributed by atoms with Crippen LogP contribution in [-0.2, 0) is 4.74 Å². The van der Waals surface area contributed by atoms with Gasteiger partial charge in [-0.25, -0.2) is 0 Å². The van der Waals surface area contributed by atoms with Crippen molar-refractivity contribution in [3.05, 3.63) is 35.9 Å². The largest absolute Gasteiger partial charge is 0.372 e. The number of nitrogens with one attached hydrogen (secondary N) is 1. The summed E-state index contributed by atoms with van der Waals surface area (Å²) >= 11 is 0. The molecule has 1 fully saturated rings. The molecule has 0 saturated carbocycles. The van der Waals surface area contributed by atoms with Gasteiger partial charge in [0.15, 0.2) is 0 Å². The topological polar surface area (TPSA) is 21.3 Å². The molecular formula is C13H19NO. The van der Waals surface area contributed by atoms with E-state index in [1.54, 1.807) is 0 Å². The summed E-state index contributed by atoms with van der Waals surface area (Å²) < 4.78 is 5.95. The van der Waals surface area contributed by atoms with Gasteiger partial charge in [-0.1, -0.05) is 37.3 Å². The lowest BCUT2D eigenvalue weighted by molar-refractivity contribution is 0.0337. The van der Waals surface area contributed by atoms with Gasteiger partial charge in [0.2, 0.25) is 0 Å². The summed E-state index contributed by atoms with van der Waals surface area (Å²) in [6.07, 6.45) is 0.191. The van der Waals surface area contributed by atoms with Gasteiger partial charge in [-0.2, -0.15) is 0 Å². The minimum absolute atomic E-state index is 0.191. The second-order valence-corrected chi connectivity index (χ2v) is 4.47. The Morgan fingerprint density at radius 2 is 1.93 bits per heavy atom. The Morgan fingerprint density at radius 1 is 1.20 bits per heavy atom. The predicted octanol–water partition coefficient (Wildman–Crippen LogP) is 2.37. The normalized spacial score (nSPS) is 32.3. The van der Waals surface area contributed by atoms with E-state index >= 15 is 0 Å². The van der Waals surface area contributed by atoms with Crippen molar-refractivity contribution in [2.75, 3.05) is 13.2 Å². The Balaban J connectivity index is 2.13. The lowest BCUT2D eigenvalue weighted by Crippen LogP contribution is -2.32. The molecular weight excluding hydrogens is 186 g/mol. The molecule has 1 aromatic rings. The summed E-state index contributed by atoms with van der Waals surface area (Å²) in [5, 5.41) is 3.52. The van der Waals surface area contributed by atoms with Crippen LogP contribution in [0.4, 0.5) is 0 Å². The van der Waals surface area contributed by atoms with Crippen LogP contribution in [0.3, 0.4) is 0 Å². The number of hydrogen-bond donors (Lipinski definition) is 1. The molecule has 2 nitrogen and oxygen atoms in total. The van der Waals surface area contributed by atoms with E-state index in [0.717, 1.165) is 13.2 Å². The van der Waals surface area contributed by atoms with E-state index in [1.807, 2.05) is 6.07 Å². The minimum Gasteiger partial charge on any atom is -0.372 e. The van der Waals surface area contributed by atoms with Gasteiger partial charge in [0.25, 0.3) is 0 Å². The summed E-state index contributed by atoms with van der Waals surface area (Å²) in [4.78, 5) is 0. The molecule has 0 spiro atoms. The third-order valence-corrected chi connectivity index (χ3v) is 2.93. The number of rotatable bonds is 1. The third kappa shape index (κ3) is 2.58. The minimum atomic E-state index is 0.191. The Bertz CT molecular complexity index is 299. The highest BCUT2D eigenvalue weighted by Crippen LogP contribution is 2.24. The maximum atomic E-state index is 5.95. The van der Waals surface area contributed by atoms with Crippen LogP contribution in [0.1, 0.15) is 25.5 Å². The van der Waals surface area contributed by atoms with Crippen LogP contribution in [0.2, 0.25) is 0 Å².